The van der Waals surface area contributed by atoms with E-state index < -0.39 is 32.8 Å². The van der Waals surface area contributed by atoms with Crippen molar-refractivity contribution in [2.75, 3.05) is 0 Å². The molecule has 6 nitrogen and oxygen atoms in total. The van der Waals surface area contributed by atoms with Gasteiger partial charge in [-0.15, -0.1) is 0 Å². The van der Waals surface area contributed by atoms with Crippen molar-refractivity contribution in [3.8, 4) is 0 Å². The van der Waals surface area contributed by atoms with Crippen LogP contribution >= 0.6 is 0 Å². The number of nitrogens with zero attached hydrogens (tertiary/aromatic N) is 1. The van der Waals surface area contributed by atoms with E-state index in [1.54, 1.807) is 12.1 Å². The van der Waals surface area contributed by atoms with Crippen molar-refractivity contribution in [3.05, 3.63) is 94.8 Å². The van der Waals surface area contributed by atoms with Crippen LogP contribution in [-0.2, 0) is 21.4 Å². The highest BCUT2D eigenvalue weighted by atomic mass is 32.2. The van der Waals surface area contributed by atoms with Crippen molar-refractivity contribution in [3.63, 3.8) is 0 Å². The number of aromatic carboxylic acids is 1. The first-order valence-electron chi connectivity index (χ1n) is 10.9. The third-order valence-corrected chi connectivity index (χ3v) is 7.96. The topological polar surface area (TPSA) is 100 Å². The molecule has 2 aromatic carbocycles. The second-order valence-corrected chi connectivity index (χ2v) is 11.5. The third-order valence-electron chi connectivity index (χ3n) is 5.90. The van der Waals surface area contributed by atoms with Gasteiger partial charge in [-0.25, -0.2) is 18.2 Å². The summed E-state index contributed by atoms with van der Waals surface area (Å²) in [7, 11) is -4.14. The number of hydrogen-bond acceptors (Lipinski definition) is 4. The minimum atomic E-state index is -4.61. The normalized spacial score (nSPS) is 13.6. The number of aromatic amines is 1. The molecule has 1 unspecified atom stereocenters. The van der Waals surface area contributed by atoms with Crippen LogP contribution in [0, 0.1) is 0 Å². The molecular weight excluding hydrogens is 493 g/mol. The van der Waals surface area contributed by atoms with Gasteiger partial charge in [0, 0.05) is 17.3 Å². The van der Waals surface area contributed by atoms with Crippen LogP contribution in [0.1, 0.15) is 58.8 Å². The Morgan fingerprint density at radius 2 is 1.64 bits per heavy atom. The number of benzene rings is 2. The first kappa shape index (κ1) is 25.4. The summed E-state index contributed by atoms with van der Waals surface area (Å²) in [6, 6.07) is 14.1. The molecule has 0 fully saturated rings. The minimum Gasteiger partial charge on any atom is -0.478 e. The summed E-state index contributed by atoms with van der Waals surface area (Å²) in [4.78, 5) is 18.0. The van der Waals surface area contributed by atoms with Crippen molar-refractivity contribution in [2.24, 2.45) is 0 Å². The fourth-order valence-electron chi connectivity index (χ4n) is 3.93. The monoisotopic (exact) mass is 516 g/mol. The number of carboxylic acid groups (broad SMARTS) is 1. The molecule has 0 saturated heterocycles. The lowest BCUT2D eigenvalue weighted by molar-refractivity contribution is -0.137. The highest BCUT2D eigenvalue weighted by molar-refractivity contribution is 7.91. The van der Waals surface area contributed by atoms with Gasteiger partial charge in [0.15, 0.2) is 9.84 Å². The van der Waals surface area contributed by atoms with Crippen LogP contribution in [0.15, 0.2) is 71.8 Å². The molecule has 2 N–H and O–H groups in total. The molecule has 2 aromatic heterocycles. The molecule has 0 aliphatic carbocycles. The molecule has 0 aliphatic rings. The van der Waals surface area contributed by atoms with E-state index in [1.807, 2.05) is 26.8 Å². The van der Waals surface area contributed by atoms with Crippen LogP contribution in [0.4, 0.5) is 13.2 Å². The number of halogens is 3. The average molecular weight is 517 g/mol. The van der Waals surface area contributed by atoms with E-state index in [9.17, 15) is 31.5 Å². The van der Waals surface area contributed by atoms with Crippen molar-refractivity contribution < 1.29 is 31.5 Å². The van der Waals surface area contributed by atoms with Gasteiger partial charge in [0.2, 0.25) is 0 Å². The lowest BCUT2D eigenvalue weighted by Crippen LogP contribution is -2.18. The van der Waals surface area contributed by atoms with Crippen molar-refractivity contribution in [2.45, 2.75) is 42.5 Å². The molecule has 188 valence electrons. The lowest BCUT2D eigenvalue weighted by atomic mass is 9.87. The van der Waals surface area contributed by atoms with E-state index in [-0.39, 0.29) is 38.2 Å². The first-order valence-corrected chi connectivity index (χ1v) is 12.5. The Kier molecular flexibility index (Phi) is 6.20. The van der Waals surface area contributed by atoms with Crippen LogP contribution < -0.4 is 0 Å². The van der Waals surface area contributed by atoms with Crippen LogP contribution in [0.2, 0.25) is 0 Å². The summed E-state index contributed by atoms with van der Waals surface area (Å²) < 4.78 is 67.6. The zero-order chi connectivity index (χ0) is 26.5. The van der Waals surface area contributed by atoms with Gasteiger partial charge < -0.3 is 10.1 Å². The maximum Gasteiger partial charge on any atom is 0.417 e. The number of pyridine rings is 1. The smallest absolute Gasteiger partial charge is 0.417 e. The van der Waals surface area contributed by atoms with Gasteiger partial charge in [-0.05, 0) is 52.9 Å². The predicted octanol–water partition coefficient (Wildman–Crippen LogP) is 6.14. The standard InChI is InChI=1S/C26H23F3N2O4S/c1-25(2,3)18-5-4-6-20(13-18)36(34,35)22(15-7-9-16(10-8-15)24(32)33)21-12-17-11-19(26(27,28)29)14-30-23(17)31-21/h4-14,22H,1-3H3,(H,30,31)(H,32,33). The van der Waals surface area contributed by atoms with Crippen LogP contribution in [0.25, 0.3) is 11.0 Å². The molecule has 36 heavy (non-hydrogen) atoms. The van der Waals surface area contributed by atoms with Crippen LogP contribution in [-0.4, -0.2) is 29.5 Å². The molecule has 2 heterocycles. The number of H-pyrrole nitrogens is 1. The number of nitrogens with one attached hydrogen (secondary N) is 1. The Hall–Kier alpha value is -3.66. The van der Waals surface area contributed by atoms with Gasteiger partial charge >= 0.3 is 12.1 Å². The quantitative estimate of drug-likeness (QED) is 0.332. The molecule has 10 heteroatoms. The van der Waals surface area contributed by atoms with Crippen LogP contribution in [0.3, 0.4) is 0 Å². The fraction of sp³-hybridized carbons (Fsp3) is 0.231. The first-order chi connectivity index (χ1) is 16.7. The molecule has 0 amide bonds. The fourth-order valence-corrected chi connectivity index (χ4v) is 5.74. The molecule has 0 aliphatic heterocycles. The Morgan fingerprint density at radius 3 is 2.22 bits per heavy atom. The van der Waals surface area contributed by atoms with Gasteiger partial charge in [-0.1, -0.05) is 45.0 Å². The molecule has 0 saturated carbocycles. The Balaban J connectivity index is 1.92. The zero-order valence-corrected chi connectivity index (χ0v) is 20.4. The summed E-state index contributed by atoms with van der Waals surface area (Å²) >= 11 is 0. The number of rotatable bonds is 5. The number of aromatic nitrogens is 2. The summed E-state index contributed by atoms with van der Waals surface area (Å²) in [5, 5.41) is 7.99. The Labute approximate surface area is 205 Å². The SMILES string of the molecule is CC(C)(C)c1cccc(S(=O)(=O)C(c2ccc(C(=O)O)cc2)c2cc3cc(C(F)(F)F)cnc3[nH]2)c1. The zero-order valence-electron chi connectivity index (χ0n) is 19.6. The molecule has 0 bridgehead atoms. The molecule has 0 radical (unpaired) electrons. The van der Waals surface area contributed by atoms with Gasteiger partial charge in [0.25, 0.3) is 0 Å². The van der Waals surface area contributed by atoms with Gasteiger partial charge in [-0.2, -0.15) is 13.2 Å². The predicted molar refractivity (Wildman–Crippen MR) is 129 cm³/mol. The van der Waals surface area contributed by atoms with E-state index in [0.717, 1.165) is 11.6 Å². The summed E-state index contributed by atoms with van der Waals surface area (Å²) in [6.07, 6.45) is -3.93. The van der Waals surface area contributed by atoms with Gasteiger partial charge in [0.1, 0.15) is 10.9 Å². The largest absolute Gasteiger partial charge is 0.478 e. The number of fused-ring (bicyclic) bond motifs is 1. The molecular formula is C26H23F3N2O4S. The van der Waals surface area contributed by atoms with E-state index in [0.29, 0.717) is 6.20 Å². The van der Waals surface area contributed by atoms with Crippen molar-refractivity contribution in [1.82, 2.24) is 9.97 Å². The molecule has 0 spiro atoms. The van der Waals surface area contributed by atoms with E-state index in [4.69, 9.17) is 0 Å². The highest BCUT2D eigenvalue weighted by Crippen LogP contribution is 2.38. The van der Waals surface area contributed by atoms with Crippen molar-refractivity contribution in [1.29, 1.82) is 0 Å². The van der Waals surface area contributed by atoms with E-state index in [2.05, 4.69) is 9.97 Å². The Bertz CT molecular complexity index is 1550. The third kappa shape index (κ3) is 4.86. The number of alkyl halides is 3. The average Bonchev–Trinajstić information content (AvgIpc) is 3.21. The lowest BCUT2D eigenvalue weighted by Gasteiger charge is -2.22. The van der Waals surface area contributed by atoms with Crippen LogP contribution in [0.5, 0.6) is 0 Å². The van der Waals surface area contributed by atoms with Crippen molar-refractivity contribution >= 4 is 26.8 Å². The molecule has 1 atom stereocenters. The maximum absolute atomic E-state index is 14.0. The molecule has 4 rings (SSSR count). The number of carboxylic acids is 1. The summed E-state index contributed by atoms with van der Waals surface area (Å²) in [6.45, 7) is 5.84. The van der Waals surface area contributed by atoms with Gasteiger partial charge in [-0.3, -0.25) is 0 Å². The Morgan fingerprint density at radius 1 is 0.972 bits per heavy atom. The number of carbonyl (C=O) groups is 1. The number of hydrogen-bond donors (Lipinski definition) is 2. The summed E-state index contributed by atoms with van der Waals surface area (Å²) in [5.74, 6) is -1.17. The van der Waals surface area contributed by atoms with E-state index >= 15 is 0 Å². The minimum absolute atomic E-state index is 0.0299. The number of sulfone groups is 1. The maximum atomic E-state index is 14.0. The second kappa shape index (κ2) is 8.77. The van der Waals surface area contributed by atoms with E-state index in [1.165, 1.54) is 36.4 Å². The summed E-state index contributed by atoms with van der Waals surface area (Å²) in [5.41, 5.74) is -0.0601. The van der Waals surface area contributed by atoms with Gasteiger partial charge in [0.05, 0.1) is 16.0 Å². The highest BCUT2D eigenvalue weighted by Gasteiger charge is 2.35. The molecule has 4 aromatic rings. The second-order valence-electron chi connectivity index (χ2n) is 9.51.